The number of nitrogens with one attached hydrogen (secondary N) is 1. The van der Waals surface area contributed by atoms with Gasteiger partial charge in [0.25, 0.3) is 23.5 Å². The van der Waals surface area contributed by atoms with Gasteiger partial charge in [0.1, 0.15) is 19.3 Å². The molecular formula is C30H34N4O6. The monoisotopic (exact) mass is 546 g/mol. The van der Waals surface area contributed by atoms with Crippen molar-refractivity contribution in [2.45, 2.75) is 38.9 Å². The zero-order valence-electron chi connectivity index (χ0n) is 23.1. The molecule has 1 unspecified atom stereocenters. The lowest BCUT2D eigenvalue weighted by atomic mass is 9.87. The number of benzene rings is 2. The normalized spacial score (nSPS) is 18.5. The van der Waals surface area contributed by atoms with Crippen LogP contribution in [0.25, 0.3) is 5.70 Å². The molecule has 210 valence electrons. The van der Waals surface area contributed by atoms with E-state index < -0.39 is 35.2 Å². The third-order valence-electron chi connectivity index (χ3n) is 6.75. The smallest absolute Gasteiger partial charge is 0.263 e. The van der Waals surface area contributed by atoms with Crippen LogP contribution in [0.4, 0.5) is 0 Å². The van der Waals surface area contributed by atoms with Crippen LogP contribution in [0, 0.1) is 5.92 Å². The minimum Gasteiger partial charge on any atom is -0.473 e. The maximum absolute atomic E-state index is 14.7. The van der Waals surface area contributed by atoms with Crippen LogP contribution in [0.2, 0.25) is 0 Å². The Labute approximate surface area is 233 Å². The first kappa shape index (κ1) is 28.7. The molecule has 3 amide bonds. The number of ketones is 1. The summed E-state index contributed by atoms with van der Waals surface area (Å²) in [7, 11) is 1.41. The summed E-state index contributed by atoms with van der Waals surface area (Å²) < 4.78 is 10.7. The van der Waals surface area contributed by atoms with Crippen molar-refractivity contribution in [3.63, 3.8) is 0 Å². The maximum Gasteiger partial charge on any atom is 0.263 e. The number of hydrogen-bond donors (Lipinski definition) is 1. The number of methoxy groups -OCH3 is 1. The number of hydrogen-bond acceptors (Lipinski definition) is 7. The Morgan fingerprint density at radius 2 is 1.75 bits per heavy atom. The van der Waals surface area contributed by atoms with Gasteiger partial charge < -0.3 is 19.7 Å². The first-order chi connectivity index (χ1) is 19.2. The molecule has 0 saturated carbocycles. The van der Waals surface area contributed by atoms with Gasteiger partial charge in [0.2, 0.25) is 5.91 Å². The average Bonchev–Trinajstić information content (AvgIpc) is 3.47. The second kappa shape index (κ2) is 12.3. The molecule has 0 aliphatic carbocycles. The van der Waals surface area contributed by atoms with Gasteiger partial charge in [-0.3, -0.25) is 24.1 Å². The summed E-state index contributed by atoms with van der Waals surface area (Å²) in [5.74, 6) is -2.63. The molecule has 0 spiro atoms. The van der Waals surface area contributed by atoms with Crippen LogP contribution >= 0.6 is 0 Å². The molecule has 2 aliphatic heterocycles. The highest BCUT2D eigenvalue weighted by molar-refractivity contribution is 6.41. The average molecular weight is 547 g/mol. The summed E-state index contributed by atoms with van der Waals surface area (Å²) in [6.07, 6.45) is 1.50. The van der Waals surface area contributed by atoms with E-state index in [1.165, 1.54) is 23.8 Å². The molecule has 10 heteroatoms. The van der Waals surface area contributed by atoms with E-state index in [0.717, 1.165) is 0 Å². The lowest BCUT2D eigenvalue weighted by Gasteiger charge is -2.49. The van der Waals surface area contributed by atoms with Crippen LogP contribution < -0.4 is 5.32 Å². The summed E-state index contributed by atoms with van der Waals surface area (Å²) in [6, 6.07) is 17.1. The summed E-state index contributed by atoms with van der Waals surface area (Å²) >= 11 is 0. The molecule has 1 N–H and O–H groups in total. The number of ether oxygens (including phenoxy) is 2. The summed E-state index contributed by atoms with van der Waals surface area (Å²) in [4.78, 5) is 62.1. The first-order valence-corrected chi connectivity index (χ1v) is 13.2. The van der Waals surface area contributed by atoms with Gasteiger partial charge in [0.15, 0.2) is 5.66 Å². The number of nitrogens with zero attached hydrogens (tertiary/aromatic N) is 3. The Hall–Kier alpha value is -4.31. The van der Waals surface area contributed by atoms with E-state index in [2.05, 4.69) is 10.3 Å². The van der Waals surface area contributed by atoms with Crippen molar-refractivity contribution in [3.8, 4) is 0 Å². The molecule has 10 nitrogen and oxygen atoms in total. The van der Waals surface area contributed by atoms with E-state index in [1.54, 1.807) is 30.5 Å². The number of aliphatic imine (C=N–C) groups is 1. The van der Waals surface area contributed by atoms with Crippen molar-refractivity contribution < 1.29 is 28.7 Å². The molecule has 40 heavy (non-hydrogen) atoms. The summed E-state index contributed by atoms with van der Waals surface area (Å²) in [6.45, 7) is 5.19. The van der Waals surface area contributed by atoms with Crippen molar-refractivity contribution in [1.29, 1.82) is 0 Å². The van der Waals surface area contributed by atoms with Crippen molar-refractivity contribution in [2.24, 2.45) is 10.9 Å². The van der Waals surface area contributed by atoms with Crippen LogP contribution in [-0.2, 0) is 35.1 Å². The maximum atomic E-state index is 14.7. The molecule has 2 aromatic carbocycles. The predicted octanol–water partition coefficient (Wildman–Crippen LogP) is 2.40. The summed E-state index contributed by atoms with van der Waals surface area (Å²) in [5.41, 5.74) is -0.414. The standard InChI is InChI=1S/C30H34N4O6/c1-20(2)26-29(38)34(24(23-13-9-6-10-14-23)18-33(26)25(36)19-39-4)30(32-21(3)35,17-22-11-7-5-8-12-22)27(37)28-31-15-16-40-28/h5-14,18,20,26H,15-17,19H2,1-4H3,(H,32,35)/t26?,30-/m0/s1. The quantitative estimate of drug-likeness (QED) is 0.489. The Morgan fingerprint density at radius 3 is 2.30 bits per heavy atom. The number of amides is 3. The topological polar surface area (TPSA) is 118 Å². The van der Waals surface area contributed by atoms with E-state index in [0.29, 0.717) is 11.1 Å². The van der Waals surface area contributed by atoms with E-state index in [-0.39, 0.29) is 43.7 Å². The van der Waals surface area contributed by atoms with Gasteiger partial charge >= 0.3 is 0 Å². The molecule has 2 aromatic rings. The molecule has 0 saturated heterocycles. The molecule has 0 radical (unpaired) electrons. The third kappa shape index (κ3) is 5.67. The fourth-order valence-electron chi connectivity index (χ4n) is 5.13. The second-order valence-electron chi connectivity index (χ2n) is 10.0. The lowest BCUT2D eigenvalue weighted by molar-refractivity contribution is -0.154. The van der Waals surface area contributed by atoms with Gasteiger partial charge in [-0.2, -0.15) is 0 Å². The number of Topliss-reactive ketones (excluding diaryl/α,β-unsaturated/α-hetero) is 1. The first-order valence-electron chi connectivity index (χ1n) is 13.2. The highest BCUT2D eigenvalue weighted by atomic mass is 16.5. The molecule has 2 atom stereocenters. The van der Waals surface area contributed by atoms with Crippen molar-refractivity contribution >= 4 is 35.1 Å². The van der Waals surface area contributed by atoms with Gasteiger partial charge in [-0.1, -0.05) is 74.5 Å². The van der Waals surface area contributed by atoms with E-state index in [1.807, 2.05) is 50.2 Å². The largest absolute Gasteiger partial charge is 0.473 e. The summed E-state index contributed by atoms with van der Waals surface area (Å²) in [5, 5.41) is 2.83. The number of carbonyl (C=O) groups is 4. The van der Waals surface area contributed by atoms with Gasteiger partial charge in [0.05, 0.1) is 12.2 Å². The fourth-order valence-corrected chi connectivity index (χ4v) is 5.13. The SMILES string of the molecule is COCC(=O)N1C=C(c2ccccc2)N([C@](Cc2ccccc2)(NC(C)=O)C(=O)C2=NCCO2)C(=O)C1C(C)C. The van der Waals surface area contributed by atoms with E-state index in [9.17, 15) is 19.2 Å². The second-order valence-corrected chi connectivity index (χ2v) is 10.0. The molecule has 0 bridgehead atoms. The van der Waals surface area contributed by atoms with Crippen LogP contribution in [0.5, 0.6) is 0 Å². The highest BCUT2D eigenvalue weighted by Gasteiger charge is 2.55. The predicted molar refractivity (Wildman–Crippen MR) is 149 cm³/mol. The van der Waals surface area contributed by atoms with Gasteiger partial charge in [-0.25, -0.2) is 4.99 Å². The molecule has 4 rings (SSSR count). The van der Waals surface area contributed by atoms with Crippen LogP contribution in [0.15, 0.2) is 71.9 Å². The molecular weight excluding hydrogens is 512 g/mol. The Balaban J connectivity index is 2.03. The minimum atomic E-state index is -1.95. The third-order valence-corrected chi connectivity index (χ3v) is 6.75. The van der Waals surface area contributed by atoms with Crippen molar-refractivity contribution in [1.82, 2.24) is 15.1 Å². The van der Waals surface area contributed by atoms with Crippen molar-refractivity contribution in [3.05, 3.63) is 78.0 Å². The zero-order chi connectivity index (χ0) is 28.9. The fraction of sp³-hybridized carbons (Fsp3) is 0.367. The Bertz CT molecular complexity index is 1320. The van der Waals surface area contributed by atoms with Crippen molar-refractivity contribution in [2.75, 3.05) is 26.9 Å². The van der Waals surface area contributed by atoms with Crippen LogP contribution in [-0.4, -0.2) is 77.8 Å². The minimum absolute atomic E-state index is 0.0681. The Kier molecular flexibility index (Phi) is 8.79. The van der Waals surface area contributed by atoms with Gasteiger partial charge in [-0.05, 0) is 17.0 Å². The van der Waals surface area contributed by atoms with Crippen LogP contribution in [0.1, 0.15) is 31.9 Å². The van der Waals surface area contributed by atoms with E-state index >= 15 is 0 Å². The molecule has 0 aromatic heterocycles. The molecule has 0 fully saturated rings. The lowest BCUT2D eigenvalue weighted by Crippen LogP contribution is -2.72. The number of carbonyl (C=O) groups excluding carboxylic acids is 4. The van der Waals surface area contributed by atoms with Gasteiger partial charge in [-0.15, -0.1) is 0 Å². The van der Waals surface area contributed by atoms with Crippen LogP contribution in [0.3, 0.4) is 0 Å². The number of rotatable bonds is 10. The van der Waals surface area contributed by atoms with Gasteiger partial charge in [0, 0.05) is 26.7 Å². The van der Waals surface area contributed by atoms with E-state index in [4.69, 9.17) is 9.47 Å². The molecule has 2 aliphatic rings. The molecule has 2 heterocycles. The highest BCUT2D eigenvalue weighted by Crippen LogP contribution is 2.37. The Morgan fingerprint density at radius 1 is 1.10 bits per heavy atom. The zero-order valence-corrected chi connectivity index (χ0v) is 23.1.